The fourth-order valence-electron chi connectivity index (χ4n) is 2.01. The van der Waals surface area contributed by atoms with Gasteiger partial charge in [0.25, 0.3) is 0 Å². The summed E-state index contributed by atoms with van der Waals surface area (Å²) in [5.74, 6) is -0.623. The number of likely N-dealkylation sites (N-methyl/N-ethyl adjacent to an activating group) is 1. The first-order valence-corrected chi connectivity index (χ1v) is 7.58. The zero-order chi connectivity index (χ0) is 13.9. The molecule has 1 rings (SSSR count). The van der Waals surface area contributed by atoms with Gasteiger partial charge in [-0.05, 0) is 12.8 Å². The van der Waals surface area contributed by atoms with E-state index in [4.69, 9.17) is 5.11 Å². The van der Waals surface area contributed by atoms with Crippen molar-refractivity contribution in [2.75, 3.05) is 26.5 Å². The van der Waals surface area contributed by atoms with Crippen molar-refractivity contribution in [2.45, 2.75) is 25.0 Å². The van der Waals surface area contributed by atoms with Crippen LogP contribution in [0.5, 0.6) is 0 Å². The quantitative estimate of drug-likeness (QED) is 0.547. The summed E-state index contributed by atoms with van der Waals surface area (Å²) in [5, 5.41) is 21.2. The van der Waals surface area contributed by atoms with Crippen LogP contribution in [0.3, 0.4) is 0 Å². The van der Waals surface area contributed by atoms with Crippen LogP contribution in [-0.4, -0.2) is 67.4 Å². The summed E-state index contributed by atoms with van der Waals surface area (Å²) < 4.78 is 23.2. The first kappa shape index (κ1) is 15.4. The molecule has 3 atom stereocenters. The second-order valence-corrected chi connectivity index (χ2v) is 6.85. The molecule has 0 aliphatic heterocycles. The number of carbonyl (C=O) groups is 1. The topological polar surface area (TPSA) is 107 Å². The van der Waals surface area contributed by atoms with Crippen LogP contribution in [-0.2, 0) is 14.8 Å². The van der Waals surface area contributed by atoms with Gasteiger partial charge in [0.15, 0.2) is 0 Å². The first-order valence-electron chi connectivity index (χ1n) is 5.73. The summed E-state index contributed by atoms with van der Waals surface area (Å²) in [6.07, 6.45) is 1.31. The number of hydrogen-bond acceptors (Lipinski definition) is 5. The predicted octanol–water partition coefficient (Wildman–Crippen LogP) is -1.87. The molecule has 1 aliphatic carbocycles. The molecule has 0 saturated heterocycles. The second kappa shape index (κ2) is 5.96. The van der Waals surface area contributed by atoms with Crippen LogP contribution in [0.4, 0.5) is 0 Å². The molecule has 1 fully saturated rings. The van der Waals surface area contributed by atoms with Gasteiger partial charge in [-0.3, -0.25) is 4.79 Å². The maximum Gasteiger partial charge on any atom is 0.235 e. The van der Waals surface area contributed by atoms with Crippen LogP contribution >= 0.6 is 0 Å². The molecule has 106 valence electrons. The van der Waals surface area contributed by atoms with Crippen molar-refractivity contribution in [1.29, 1.82) is 0 Å². The molecule has 7 nitrogen and oxygen atoms in total. The largest absolute Gasteiger partial charge is 0.396 e. The Morgan fingerprint density at radius 2 is 2.06 bits per heavy atom. The van der Waals surface area contributed by atoms with Gasteiger partial charge >= 0.3 is 0 Å². The number of hydrogen-bond donors (Lipinski definition) is 3. The van der Waals surface area contributed by atoms with E-state index >= 15 is 0 Å². The third-order valence-corrected chi connectivity index (χ3v) is 4.45. The normalized spacial score (nSPS) is 28.6. The Morgan fingerprint density at radius 1 is 1.44 bits per heavy atom. The highest BCUT2D eigenvalue weighted by atomic mass is 32.2. The van der Waals surface area contributed by atoms with Gasteiger partial charge in [0.05, 0.1) is 18.9 Å². The third-order valence-electron chi connectivity index (χ3n) is 3.19. The maximum absolute atomic E-state index is 11.6. The van der Waals surface area contributed by atoms with Crippen molar-refractivity contribution in [3.63, 3.8) is 0 Å². The number of nitrogens with zero attached hydrogens (tertiary/aromatic N) is 1. The number of rotatable bonds is 5. The monoisotopic (exact) mass is 280 g/mol. The van der Waals surface area contributed by atoms with Crippen molar-refractivity contribution in [3.8, 4) is 0 Å². The van der Waals surface area contributed by atoms with E-state index in [1.807, 2.05) is 0 Å². The van der Waals surface area contributed by atoms with Gasteiger partial charge in [-0.25, -0.2) is 8.42 Å². The van der Waals surface area contributed by atoms with E-state index in [1.165, 1.54) is 7.05 Å². The fourth-order valence-corrected chi connectivity index (χ4v) is 2.36. The van der Waals surface area contributed by atoms with E-state index in [0.717, 1.165) is 10.6 Å². The highest BCUT2D eigenvalue weighted by Crippen LogP contribution is 2.25. The Hall–Kier alpha value is -0.700. The van der Waals surface area contributed by atoms with E-state index in [0.29, 0.717) is 12.8 Å². The zero-order valence-corrected chi connectivity index (χ0v) is 11.4. The minimum atomic E-state index is -3.37. The molecule has 0 bridgehead atoms. The maximum atomic E-state index is 11.6. The van der Waals surface area contributed by atoms with Gasteiger partial charge < -0.3 is 15.5 Å². The molecule has 0 aromatic rings. The number of amides is 1. The minimum Gasteiger partial charge on any atom is -0.396 e. The molecule has 1 saturated carbocycles. The van der Waals surface area contributed by atoms with Crippen molar-refractivity contribution in [2.24, 2.45) is 5.92 Å². The van der Waals surface area contributed by atoms with Crippen molar-refractivity contribution in [1.82, 2.24) is 9.62 Å². The van der Waals surface area contributed by atoms with Crippen LogP contribution in [0.15, 0.2) is 0 Å². The highest BCUT2D eigenvalue weighted by molar-refractivity contribution is 7.88. The average Bonchev–Trinajstić information content (AvgIpc) is 2.56. The molecular weight excluding hydrogens is 260 g/mol. The molecule has 0 radical (unpaired) electrons. The van der Waals surface area contributed by atoms with Crippen LogP contribution in [0.2, 0.25) is 0 Å². The van der Waals surface area contributed by atoms with Crippen LogP contribution in [0.1, 0.15) is 12.8 Å². The number of sulfonamides is 1. The van der Waals surface area contributed by atoms with Gasteiger partial charge in [0.1, 0.15) is 0 Å². The van der Waals surface area contributed by atoms with Crippen LogP contribution < -0.4 is 5.32 Å². The van der Waals surface area contributed by atoms with E-state index in [-0.39, 0.29) is 25.1 Å². The lowest BCUT2D eigenvalue weighted by atomic mass is 10.1. The minimum absolute atomic E-state index is 0.114. The summed E-state index contributed by atoms with van der Waals surface area (Å²) in [5.41, 5.74) is 0. The average molecular weight is 280 g/mol. The molecule has 8 heteroatoms. The third kappa shape index (κ3) is 4.20. The Kier molecular flexibility index (Phi) is 5.09. The molecule has 0 aromatic heterocycles. The van der Waals surface area contributed by atoms with Crippen molar-refractivity contribution in [3.05, 3.63) is 0 Å². The number of carbonyl (C=O) groups excluding carboxylic acids is 1. The lowest BCUT2D eigenvalue weighted by Gasteiger charge is -2.16. The molecule has 0 spiro atoms. The zero-order valence-electron chi connectivity index (χ0n) is 10.5. The summed E-state index contributed by atoms with van der Waals surface area (Å²) in [6.45, 7) is -0.355. The standard InChI is InChI=1S/C10H20N2O5S/c1-12(18(2,16)17)5-10(15)11-8-3-7(6-13)9(14)4-8/h7-9,13-14H,3-6H2,1-2H3,(H,11,15)/t7-,8-,9-/m1/s1. The van der Waals surface area contributed by atoms with E-state index < -0.39 is 22.0 Å². The lowest BCUT2D eigenvalue weighted by molar-refractivity contribution is -0.121. The van der Waals surface area contributed by atoms with Crippen molar-refractivity contribution >= 4 is 15.9 Å². The van der Waals surface area contributed by atoms with Gasteiger partial charge in [0, 0.05) is 25.6 Å². The van der Waals surface area contributed by atoms with E-state index in [2.05, 4.69) is 5.32 Å². The number of aliphatic hydroxyl groups is 2. The smallest absolute Gasteiger partial charge is 0.235 e. The predicted molar refractivity (Wildman–Crippen MR) is 65.2 cm³/mol. The summed E-state index contributed by atoms with van der Waals surface area (Å²) >= 11 is 0. The molecule has 3 N–H and O–H groups in total. The first-order chi connectivity index (χ1) is 8.24. The van der Waals surface area contributed by atoms with E-state index in [1.54, 1.807) is 0 Å². The lowest BCUT2D eigenvalue weighted by Crippen LogP contribution is -2.41. The molecule has 0 aromatic carbocycles. The van der Waals surface area contributed by atoms with Crippen LogP contribution in [0.25, 0.3) is 0 Å². The van der Waals surface area contributed by atoms with Gasteiger partial charge in [0.2, 0.25) is 15.9 Å². The van der Waals surface area contributed by atoms with E-state index in [9.17, 15) is 18.3 Å². The molecule has 1 amide bonds. The molecule has 0 unspecified atom stereocenters. The highest BCUT2D eigenvalue weighted by Gasteiger charge is 2.33. The number of aliphatic hydroxyl groups excluding tert-OH is 2. The van der Waals surface area contributed by atoms with Crippen molar-refractivity contribution < 1.29 is 23.4 Å². The van der Waals surface area contributed by atoms with Crippen LogP contribution in [0, 0.1) is 5.92 Å². The molecule has 18 heavy (non-hydrogen) atoms. The molecule has 1 aliphatic rings. The summed E-state index contributed by atoms with van der Waals surface area (Å²) in [6, 6.07) is -0.211. The second-order valence-electron chi connectivity index (χ2n) is 4.76. The summed E-state index contributed by atoms with van der Waals surface area (Å²) in [7, 11) is -2.05. The van der Waals surface area contributed by atoms with Gasteiger partial charge in [-0.1, -0.05) is 0 Å². The number of nitrogens with one attached hydrogen (secondary N) is 1. The molecular formula is C10H20N2O5S. The Labute approximate surface area is 107 Å². The fraction of sp³-hybridized carbons (Fsp3) is 0.900. The van der Waals surface area contributed by atoms with Gasteiger partial charge in [-0.15, -0.1) is 0 Å². The molecule has 0 heterocycles. The Balaban J connectivity index is 2.43. The SMILES string of the molecule is CN(CC(=O)N[C@@H]1C[C@H](CO)[C@H](O)C1)S(C)(=O)=O. The Morgan fingerprint density at radius 3 is 2.50 bits per heavy atom. The van der Waals surface area contributed by atoms with Gasteiger partial charge in [-0.2, -0.15) is 4.31 Å². The Bertz CT molecular complexity index is 397. The summed E-state index contributed by atoms with van der Waals surface area (Å²) in [4.78, 5) is 11.6.